The minimum Gasteiger partial charge on any atom is -0.354 e. The number of nitrogens with one attached hydrogen (secondary N) is 2. The molecule has 4 aromatic rings. The van der Waals surface area contributed by atoms with E-state index < -0.39 is 0 Å². The average molecular weight is 445 g/mol. The summed E-state index contributed by atoms with van der Waals surface area (Å²) in [5, 5.41) is 6.72. The Hall–Kier alpha value is -3.32. The summed E-state index contributed by atoms with van der Waals surface area (Å²) in [5.74, 6) is 1.37. The first-order valence-corrected chi connectivity index (χ1v) is 10.1. The summed E-state index contributed by atoms with van der Waals surface area (Å²) in [6.07, 6.45) is 8.10. The van der Waals surface area contributed by atoms with E-state index in [-0.39, 0.29) is 0 Å². The van der Waals surface area contributed by atoms with Gasteiger partial charge < -0.3 is 10.6 Å². The smallest absolute Gasteiger partial charge is 0.223 e. The van der Waals surface area contributed by atoms with Gasteiger partial charge in [-0.3, -0.25) is 4.98 Å². The number of nitrogens with zero attached hydrogens (tertiary/aromatic N) is 4. The van der Waals surface area contributed by atoms with Crippen LogP contribution in [0.3, 0.4) is 0 Å². The molecule has 1 aromatic carbocycles. The van der Waals surface area contributed by atoms with Crippen molar-refractivity contribution in [1.29, 1.82) is 0 Å². The Bertz CT molecular complexity index is 1180. The van der Waals surface area contributed by atoms with Crippen molar-refractivity contribution in [1.82, 2.24) is 19.9 Å². The zero-order valence-corrected chi connectivity index (χ0v) is 17.0. The lowest BCUT2D eigenvalue weighted by Gasteiger charge is -2.11. The zero-order chi connectivity index (χ0) is 19.6. The fraction of sp³-hybridized carbons (Fsp3) is 0.0909. The van der Waals surface area contributed by atoms with Crippen molar-refractivity contribution in [2.45, 2.75) is 6.42 Å². The molecule has 142 valence electrons. The van der Waals surface area contributed by atoms with E-state index in [9.17, 15) is 0 Å². The summed E-state index contributed by atoms with van der Waals surface area (Å²) in [5.41, 5.74) is 5.92. The van der Waals surface area contributed by atoms with E-state index in [1.807, 2.05) is 24.4 Å². The molecule has 0 fully saturated rings. The molecule has 0 unspecified atom stereocenters. The Morgan fingerprint density at radius 2 is 1.79 bits per heavy atom. The molecule has 2 N–H and O–H groups in total. The fourth-order valence-electron chi connectivity index (χ4n) is 3.39. The van der Waals surface area contributed by atoms with Gasteiger partial charge in [0.25, 0.3) is 0 Å². The van der Waals surface area contributed by atoms with E-state index in [2.05, 4.69) is 65.8 Å². The molecule has 0 atom stereocenters. The number of halogens is 1. The van der Waals surface area contributed by atoms with Crippen LogP contribution in [0.25, 0.3) is 22.4 Å². The highest BCUT2D eigenvalue weighted by molar-refractivity contribution is 9.10. The fourth-order valence-corrected chi connectivity index (χ4v) is 3.66. The first-order chi connectivity index (χ1) is 14.3. The SMILES string of the molecule is Brc1ccc(CCNc2ncc3c(n2)-c2cccnc2Nc2cnccc2-3)cc1. The lowest BCUT2D eigenvalue weighted by molar-refractivity contribution is 0.985. The topological polar surface area (TPSA) is 75.6 Å². The molecular formula is C22H17BrN6. The molecule has 3 aromatic heterocycles. The Kier molecular flexibility index (Phi) is 4.65. The minimum absolute atomic E-state index is 0.605. The van der Waals surface area contributed by atoms with Gasteiger partial charge in [0.2, 0.25) is 5.95 Å². The maximum atomic E-state index is 4.83. The maximum absolute atomic E-state index is 4.83. The first-order valence-electron chi connectivity index (χ1n) is 9.30. The van der Waals surface area contributed by atoms with Crippen LogP contribution in [0.15, 0.2) is 71.7 Å². The number of pyridine rings is 2. The molecule has 0 amide bonds. The van der Waals surface area contributed by atoms with E-state index in [0.29, 0.717) is 5.95 Å². The number of fused-ring (bicyclic) bond motifs is 5. The third-order valence-electron chi connectivity index (χ3n) is 4.83. The number of aromatic nitrogens is 4. The molecule has 0 radical (unpaired) electrons. The molecule has 7 heteroatoms. The number of anilines is 3. The highest BCUT2D eigenvalue weighted by atomic mass is 79.9. The third-order valence-corrected chi connectivity index (χ3v) is 5.35. The van der Waals surface area contributed by atoms with Crippen LogP contribution < -0.4 is 10.6 Å². The van der Waals surface area contributed by atoms with Gasteiger partial charge in [-0.2, -0.15) is 0 Å². The molecule has 4 heterocycles. The van der Waals surface area contributed by atoms with Gasteiger partial charge in [0.05, 0.1) is 17.6 Å². The number of rotatable bonds is 4. The Morgan fingerprint density at radius 3 is 2.69 bits per heavy atom. The van der Waals surface area contributed by atoms with E-state index in [1.54, 1.807) is 18.6 Å². The Labute approximate surface area is 176 Å². The van der Waals surface area contributed by atoms with Crippen LogP contribution in [-0.2, 0) is 6.42 Å². The molecular weight excluding hydrogens is 428 g/mol. The van der Waals surface area contributed by atoms with E-state index >= 15 is 0 Å². The Balaban J connectivity index is 1.47. The maximum Gasteiger partial charge on any atom is 0.223 e. The van der Waals surface area contributed by atoms with Crippen molar-refractivity contribution >= 4 is 33.4 Å². The molecule has 0 saturated carbocycles. The number of benzene rings is 1. The van der Waals surface area contributed by atoms with Crippen molar-refractivity contribution in [3.05, 3.63) is 77.3 Å². The molecule has 6 nitrogen and oxygen atoms in total. The first kappa shape index (κ1) is 17.8. The normalized spacial score (nSPS) is 11.5. The van der Waals surface area contributed by atoms with Crippen LogP contribution in [-0.4, -0.2) is 26.5 Å². The van der Waals surface area contributed by atoms with Gasteiger partial charge in [-0.25, -0.2) is 15.0 Å². The van der Waals surface area contributed by atoms with Crippen molar-refractivity contribution in [3.8, 4) is 22.4 Å². The van der Waals surface area contributed by atoms with E-state index in [0.717, 1.165) is 51.3 Å². The van der Waals surface area contributed by atoms with Crippen LogP contribution in [0.2, 0.25) is 0 Å². The summed E-state index contributed by atoms with van der Waals surface area (Å²) in [6, 6.07) is 14.2. The second-order valence-corrected chi connectivity index (χ2v) is 7.62. The van der Waals surface area contributed by atoms with Gasteiger partial charge in [-0.1, -0.05) is 28.1 Å². The monoisotopic (exact) mass is 444 g/mol. The molecule has 0 bridgehead atoms. The summed E-state index contributed by atoms with van der Waals surface area (Å²) in [7, 11) is 0. The molecule has 0 spiro atoms. The van der Waals surface area contributed by atoms with Crippen molar-refractivity contribution in [2.75, 3.05) is 17.2 Å². The minimum atomic E-state index is 0.605. The van der Waals surface area contributed by atoms with Crippen molar-refractivity contribution in [2.24, 2.45) is 0 Å². The third kappa shape index (κ3) is 3.56. The van der Waals surface area contributed by atoms with Crippen molar-refractivity contribution in [3.63, 3.8) is 0 Å². The van der Waals surface area contributed by atoms with Crippen LogP contribution in [0.4, 0.5) is 17.5 Å². The highest BCUT2D eigenvalue weighted by Crippen LogP contribution is 2.41. The van der Waals surface area contributed by atoms with Crippen LogP contribution in [0.5, 0.6) is 0 Å². The van der Waals surface area contributed by atoms with Crippen LogP contribution in [0.1, 0.15) is 5.56 Å². The quantitative estimate of drug-likeness (QED) is 0.402. The summed E-state index contributed by atoms with van der Waals surface area (Å²) in [6.45, 7) is 0.749. The lowest BCUT2D eigenvalue weighted by atomic mass is 10.0. The van der Waals surface area contributed by atoms with Gasteiger partial charge in [0.15, 0.2) is 0 Å². The molecule has 29 heavy (non-hydrogen) atoms. The lowest BCUT2D eigenvalue weighted by Crippen LogP contribution is -2.08. The summed E-state index contributed by atoms with van der Waals surface area (Å²) in [4.78, 5) is 18.1. The van der Waals surface area contributed by atoms with Gasteiger partial charge in [-0.15, -0.1) is 0 Å². The molecule has 1 aliphatic rings. The van der Waals surface area contributed by atoms with Gasteiger partial charge >= 0.3 is 0 Å². The van der Waals surface area contributed by atoms with Gasteiger partial charge in [0.1, 0.15) is 5.82 Å². The van der Waals surface area contributed by atoms with Gasteiger partial charge in [-0.05, 0) is 42.3 Å². The van der Waals surface area contributed by atoms with Crippen LogP contribution >= 0.6 is 15.9 Å². The summed E-state index contributed by atoms with van der Waals surface area (Å²) < 4.78 is 1.08. The molecule has 0 aliphatic carbocycles. The molecule has 0 saturated heterocycles. The molecule has 5 rings (SSSR count). The largest absolute Gasteiger partial charge is 0.354 e. The average Bonchev–Trinajstić information content (AvgIpc) is 2.89. The Morgan fingerprint density at radius 1 is 0.897 bits per heavy atom. The number of hydrogen-bond donors (Lipinski definition) is 2. The zero-order valence-electron chi connectivity index (χ0n) is 15.4. The van der Waals surface area contributed by atoms with Crippen molar-refractivity contribution < 1.29 is 0 Å². The standard InChI is InChI=1S/C22H17BrN6/c23-15-5-3-14(4-6-15)7-11-26-22-27-12-18-16-8-10-24-13-19(16)28-21-17(20(18)29-22)2-1-9-25-21/h1-6,8-10,12-13H,7,11H2,(H,25,28)(H,26,27,29). The van der Waals surface area contributed by atoms with E-state index in [4.69, 9.17) is 4.98 Å². The predicted octanol–water partition coefficient (Wildman–Crippen LogP) is 5.07. The highest BCUT2D eigenvalue weighted by Gasteiger charge is 2.21. The second kappa shape index (κ2) is 7.60. The number of hydrogen-bond acceptors (Lipinski definition) is 6. The molecule has 1 aliphatic heterocycles. The van der Waals surface area contributed by atoms with Gasteiger partial charge in [0, 0.05) is 46.3 Å². The van der Waals surface area contributed by atoms with E-state index in [1.165, 1.54) is 5.56 Å². The summed E-state index contributed by atoms with van der Waals surface area (Å²) >= 11 is 3.47. The van der Waals surface area contributed by atoms with Crippen LogP contribution in [0, 0.1) is 0 Å². The second-order valence-electron chi connectivity index (χ2n) is 6.70. The predicted molar refractivity (Wildman–Crippen MR) is 118 cm³/mol.